The van der Waals surface area contributed by atoms with Crippen LogP contribution in [0.2, 0.25) is 0 Å². The molecule has 0 bridgehead atoms. The SMILES string of the molecule is CC/C(N)=C/c1ncc2c(n1)C(C)(C(F)(F)F)CN2. The lowest BCUT2D eigenvalue weighted by Gasteiger charge is -2.26. The molecule has 2 heterocycles. The Morgan fingerprint density at radius 3 is 2.84 bits per heavy atom. The van der Waals surface area contributed by atoms with Gasteiger partial charge in [-0.15, -0.1) is 0 Å². The van der Waals surface area contributed by atoms with E-state index < -0.39 is 11.6 Å². The minimum Gasteiger partial charge on any atom is -0.402 e. The van der Waals surface area contributed by atoms with Crippen molar-refractivity contribution >= 4 is 11.8 Å². The predicted octanol–water partition coefficient (Wildman–Crippen LogP) is 2.43. The Hall–Kier alpha value is -1.79. The molecule has 1 aliphatic heterocycles. The van der Waals surface area contributed by atoms with E-state index in [0.29, 0.717) is 17.8 Å². The molecule has 0 radical (unpaired) electrons. The number of aromatic nitrogens is 2. The molecule has 1 atom stereocenters. The summed E-state index contributed by atoms with van der Waals surface area (Å²) in [5.41, 5.74) is 4.49. The van der Waals surface area contributed by atoms with Crippen LogP contribution in [0.3, 0.4) is 0 Å². The molecule has 19 heavy (non-hydrogen) atoms. The standard InChI is InChI=1S/C12H15F3N4/c1-3-7(16)4-9-17-5-8-10(19-9)11(2,6-18-8)12(13,14)15/h4-5,18H,3,6,16H2,1-2H3/b7-4-. The Morgan fingerprint density at radius 2 is 2.26 bits per heavy atom. The van der Waals surface area contributed by atoms with Crippen LogP contribution in [-0.2, 0) is 5.41 Å². The maximum Gasteiger partial charge on any atom is 0.401 e. The maximum atomic E-state index is 13.1. The smallest absolute Gasteiger partial charge is 0.401 e. The largest absolute Gasteiger partial charge is 0.402 e. The number of nitrogens with one attached hydrogen (secondary N) is 1. The van der Waals surface area contributed by atoms with Gasteiger partial charge in [0.15, 0.2) is 5.82 Å². The Balaban J connectivity index is 2.48. The van der Waals surface area contributed by atoms with Crippen LogP contribution >= 0.6 is 0 Å². The maximum absolute atomic E-state index is 13.1. The molecule has 0 fully saturated rings. The third-order valence-electron chi connectivity index (χ3n) is 3.31. The van der Waals surface area contributed by atoms with E-state index in [1.54, 1.807) is 0 Å². The van der Waals surface area contributed by atoms with Crippen LogP contribution in [0.4, 0.5) is 18.9 Å². The van der Waals surface area contributed by atoms with Crippen LogP contribution in [0.5, 0.6) is 0 Å². The van der Waals surface area contributed by atoms with Gasteiger partial charge in [0.1, 0.15) is 5.41 Å². The zero-order valence-electron chi connectivity index (χ0n) is 10.7. The quantitative estimate of drug-likeness (QED) is 0.868. The van der Waals surface area contributed by atoms with Gasteiger partial charge < -0.3 is 11.1 Å². The van der Waals surface area contributed by atoms with Crippen molar-refractivity contribution in [3.8, 4) is 0 Å². The van der Waals surface area contributed by atoms with E-state index in [0.717, 1.165) is 6.92 Å². The molecule has 3 N–H and O–H groups in total. The van der Waals surface area contributed by atoms with Crippen LogP contribution in [0, 0.1) is 0 Å². The molecule has 7 heteroatoms. The van der Waals surface area contributed by atoms with Crippen molar-refractivity contribution in [1.29, 1.82) is 0 Å². The first-order chi connectivity index (χ1) is 8.78. The lowest BCUT2D eigenvalue weighted by Crippen LogP contribution is -2.41. The van der Waals surface area contributed by atoms with Crippen LogP contribution in [-0.4, -0.2) is 22.7 Å². The van der Waals surface area contributed by atoms with Gasteiger partial charge in [-0.25, -0.2) is 9.97 Å². The van der Waals surface area contributed by atoms with Crippen molar-refractivity contribution in [2.24, 2.45) is 5.73 Å². The van der Waals surface area contributed by atoms with Gasteiger partial charge in [-0.3, -0.25) is 0 Å². The lowest BCUT2D eigenvalue weighted by molar-refractivity contribution is -0.180. The van der Waals surface area contributed by atoms with E-state index in [1.165, 1.54) is 12.3 Å². The Kier molecular flexibility index (Phi) is 3.15. The molecule has 0 aromatic carbocycles. The molecule has 1 aliphatic rings. The topological polar surface area (TPSA) is 63.8 Å². The first-order valence-corrected chi connectivity index (χ1v) is 5.92. The number of halogens is 3. The molecular weight excluding hydrogens is 257 g/mol. The van der Waals surface area contributed by atoms with E-state index >= 15 is 0 Å². The van der Waals surface area contributed by atoms with Crippen molar-refractivity contribution < 1.29 is 13.2 Å². The molecule has 1 aromatic heterocycles. The number of alkyl halides is 3. The van der Waals surface area contributed by atoms with Gasteiger partial charge in [0.05, 0.1) is 17.6 Å². The average molecular weight is 272 g/mol. The van der Waals surface area contributed by atoms with E-state index in [1.807, 2.05) is 6.92 Å². The average Bonchev–Trinajstić information content (AvgIpc) is 2.68. The summed E-state index contributed by atoms with van der Waals surface area (Å²) in [4.78, 5) is 8.00. The summed E-state index contributed by atoms with van der Waals surface area (Å²) in [6.45, 7) is 2.76. The lowest BCUT2D eigenvalue weighted by atomic mass is 9.88. The van der Waals surface area contributed by atoms with E-state index in [9.17, 15) is 13.2 Å². The molecule has 104 valence electrons. The van der Waals surface area contributed by atoms with Crippen molar-refractivity contribution in [3.05, 3.63) is 23.4 Å². The summed E-state index contributed by atoms with van der Waals surface area (Å²) in [7, 11) is 0. The number of hydrogen-bond acceptors (Lipinski definition) is 4. The van der Waals surface area contributed by atoms with Crippen LogP contribution in [0.25, 0.3) is 6.08 Å². The molecule has 0 amide bonds. The van der Waals surface area contributed by atoms with Crippen molar-refractivity contribution in [2.75, 3.05) is 11.9 Å². The van der Waals surface area contributed by atoms with Gasteiger partial charge in [0.2, 0.25) is 0 Å². The summed E-state index contributed by atoms with van der Waals surface area (Å²) >= 11 is 0. The zero-order valence-corrected chi connectivity index (χ0v) is 10.7. The number of rotatable bonds is 2. The summed E-state index contributed by atoms with van der Waals surface area (Å²) < 4.78 is 39.4. The first kappa shape index (κ1) is 13.6. The van der Waals surface area contributed by atoms with Crippen molar-refractivity contribution in [2.45, 2.75) is 31.9 Å². The van der Waals surface area contributed by atoms with Crippen LogP contribution in [0.15, 0.2) is 11.9 Å². The third kappa shape index (κ3) is 2.24. The van der Waals surface area contributed by atoms with Crippen LogP contribution in [0.1, 0.15) is 31.8 Å². The monoisotopic (exact) mass is 272 g/mol. The molecule has 1 unspecified atom stereocenters. The van der Waals surface area contributed by atoms with Gasteiger partial charge in [0, 0.05) is 18.3 Å². The molecule has 0 aliphatic carbocycles. The minimum absolute atomic E-state index is 0.0230. The Labute approximate surface area is 108 Å². The summed E-state index contributed by atoms with van der Waals surface area (Å²) in [5.74, 6) is 0.206. The second-order valence-electron chi connectivity index (χ2n) is 4.75. The van der Waals surface area contributed by atoms with E-state index in [4.69, 9.17) is 5.73 Å². The van der Waals surface area contributed by atoms with Gasteiger partial charge in [-0.2, -0.15) is 13.2 Å². The summed E-state index contributed by atoms with van der Waals surface area (Å²) in [5, 5.41) is 2.69. The van der Waals surface area contributed by atoms with Gasteiger partial charge in [-0.1, -0.05) is 6.92 Å². The Bertz CT molecular complexity index is 524. The fourth-order valence-corrected chi connectivity index (χ4v) is 1.87. The second-order valence-corrected chi connectivity index (χ2v) is 4.75. The highest BCUT2D eigenvalue weighted by Gasteiger charge is 2.57. The molecular formula is C12H15F3N4. The molecule has 0 spiro atoms. The van der Waals surface area contributed by atoms with E-state index in [-0.39, 0.29) is 18.1 Å². The highest BCUT2D eigenvalue weighted by Crippen LogP contribution is 2.46. The minimum atomic E-state index is -4.36. The highest BCUT2D eigenvalue weighted by atomic mass is 19.4. The summed E-state index contributed by atoms with van der Waals surface area (Å²) in [6.07, 6.45) is -0.907. The number of nitrogens with zero attached hydrogens (tertiary/aromatic N) is 2. The fourth-order valence-electron chi connectivity index (χ4n) is 1.87. The first-order valence-electron chi connectivity index (χ1n) is 5.92. The van der Waals surface area contributed by atoms with Gasteiger partial charge in [0.25, 0.3) is 0 Å². The van der Waals surface area contributed by atoms with Crippen LogP contribution < -0.4 is 11.1 Å². The third-order valence-corrected chi connectivity index (χ3v) is 3.31. The zero-order chi connectivity index (χ0) is 14.3. The van der Waals surface area contributed by atoms with Crippen molar-refractivity contribution in [3.63, 3.8) is 0 Å². The van der Waals surface area contributed by atoms with Gasteiger partial charge in [-0.05, 0) is 13.3 Å². The molecule has 1 aromatic rings. The fraction of sp³-hybridized carbons (Fsp3) is 0.500. The molecule has 0 saturated heterocycles. The number of hydrogen-bond donors (Lipinski definition) is 2. The number of nitrogens with two attached hydrogens (primary N) is 1. The van der Waals surface area contributed by atoms with Gasteiger partial charge >= 0.3 is 6.18 Å². The second kappa shape index (κ2) is 4.40. The number of fused-ring (bicyclic) bond motifs is 1. The van der Waals surface area contributed by atoms with Crippen molar-refractivity contribution in [1.82, 2.24) is 9.97 Å². The van der Waals surface area contributed by atoms with E-state index in [2.05, 4.69) is 15.3 Å². The highest BCUT2D eigenvalue weighted by molar-refractivity contribution is 5.58. The summed E-state index contributed by atoms with van der Waals surface area (Å²) in [6, 6.07) is 0. The molecule has 2 rings (SSSR count). The predicted molar refractivity (Wildman–Crippen MR) is 66.4 cm³/mol. The molecule has 4 nitrogen and oxygen atoms in total. The number of allylic oxidation sites excluding steroid dienone is 1. The number of anilines is 1. The molecule has 0 saturated carbocycles. The normalized spacial score (nSPS) is 23.1. The Morgan fingerprint density at radius 1 is 1.58 bits per heavy atom.